The molecular formula is C23H20N4O4. The smallest absolute Gasteiger partial charge is 0.311 e. The highest BCUT2D eigenvalue weighted by Crippen LogP contribution is 2.26. The van der Waals surface area contributed by atoms with Crippen molar-refractivity contribution in [2.45, 2.75) is 19.4 Å². The van der Waals surface area contributed by atoms with Gasteiger partial charge in [-0.15, -0.1) is 0 Å². The van der Waals surface area contributed by atoms with Crippen molar-refractivity contribution in [1.29, 1.82) is 0 Å². The van der Waals surface area contributed by atoms with Crippen LogP contribution in [0, 0.1) is 17.0 Å². The van der Waals surface area contributed by atoms with Crippen LogP contribution in [-0.4, -0.2) is 39.2 Å². The second kappa shape index (κ2) is 8.35. The fourth-order valence-electron chi connectivity index (χ4n) is 3.64. The number of pyridine rings is 1. The van der Waals surface area contributed by atoms with E-state index in [2.05, 4.69) is 10.3 Å². The number of nitro groups is 1. The lowest BCUT2D eigenvalue weighted by atomic mass is 10.0. The number of carbonyl (C=O) groups is 2. The normalized spacial score (nSPS) is 13.8. The number of benzene rings is 2. The number of hydrogen-bond donors (Lipinski definition) is 1. The molecule has 31 heavy (non-hydrogen) atoms. The predicted octanol–water partition coefficient (Wildman–Crippen LogP) is 3.62. The molecule has 1 atom stereocenters. The average Bonchev–Trinajstić information content (AvgIpc) is 3.00. The number of amides is 2. The maximum absolute atomic E-state index is 12.8. The standard InChI is InChI=1S/C23H20N4O4/c1-15-8-10-16(11-9-15)13-17(25-21-20(27(30)31)7-4-12-24-21)14-26-22(28)18-5-2-3-6-19(18)23(26)29/h2-12,17H,13-14H2,1H3,(H,24,25). The molecule has 8 heteroatoms. The van der Waals surface area contributed by atoms with Crippen LogP contribution < -0.4 is 5.32 Å². The maximum atomic E-state index is 12.8. The number of imide groups is 1. The molecule has 3 aromatic rings. The summed E-state index contributed by atoms with van der Waals surface area (Å²) in [6, 6.07) is 16.9. The summed E-state index contributed by atoms with van der Waals surface area (Å²) in [6.45, 7) is 2.03. The number of nitrogens with zero attached hydrogens (tertiary/aromatic N) is 3. The number of aryl methyl sites for hydroxylation is 1. The quantitative estimate of drug-likeness (QED) is 0.358. The predicted molar refractivity (Wildman–Crippen MR) is 115 cm³/mol. The summed E-state index contributed by atoms with van der Waals surface area (Å²) in [5, 5.41) is 14.5. The first-order valence-corrected chi connectivity index (χ1v) is 9.81. The molecule has 2 aromatic carbocycles. The highest BCUT2D eigenvalue weighted by atomic mass is 16.6. The maximum Gasteiger partial charge on any atom is 0.311 e. The van der Waals surface area contributed by atoms with Gasteiger partial charge in [-0.1, -0.05) is 42.0 Å². The van der Waals surface area contributed by atoms with Crippen molar-refractivity contribution >= 4 is 23.3 Å². The van der Waals surface area contributed by atoms with Crippen molar-refractivity contribution in [1.82, 2.24) is 9.88 Å². The summed E-state index contributed by atoms with van der Waals surface area (Å²) in [4.78, 5) is 41.8. The van der Waals surface area contributed by atoms with Crippen LogP contribution in [0.4, 0.5) is 11.5 Å². The van der Waals surface area contributed by atoms with Crippen molar-refractivity contribution in [2.24, 2.45) is 0 Å². The van der Waals surface area contributed by atoms with Gasteiger partial charge in [-0.25, -0.2) is 4.98 Å². The molecule has 0 radical (unpaired) electrons. The van der Waals surface area contributed by atoms with Crippen LogP contribution in [0.1, 0.15) is 31.8 Å². The zero-order valence-electron chi connectivity index (χ0n) is 16.8. The fraction of sp³-hybridized carbons (Fsp3) is 0.174. The number of nitrogens with one attached hydrogen (secondary N) is 1. The van der Waals surface area contributed by atoms with Crippen molar-refractivity contribution in [3.05, 3.63) is 99.2 Å². The van der Waals surface area contributed by atoms with Gasteiger partial charge in [-0.05, 0) is 37.1 Å². The van der Waals surface area contributed by atoms with Crippen LogP contribution in [0.15, 0.2) is 66.9 Å². The zero-order valence-corrected chi connectivity index (χ0v) is 16.8. The van der Waals surface area contributed by atoms with E-state index in [1.165, 1.54) is 23.2 Å². The summed E-state index contributed by atoms with van der Waals surface area (Å²) in [5.74, 6) is -0.639. The number of carbonyl (C=O) groups excluding carboxylic acids is 2. The largest absolute Gasteiger partial charge is 0.359 e. The number of aromatic nitrogens is 1. The van der Waals surface area contributed by atoms with Crippen LogP contribution in [0.2, 0.25) is 0 Å². The average molecular weight is 416 g/mol. The summed E-state index contributed by atoms with van der Waals surface area (Å²) in [6.07, 6.45) is 1.90. The Bertz CT molecular complexity index is 1130. The van der Waals surface area contributed by atoms with Crippen molar-refractivity contribution in [3.8, 4) is 0 Å². The van der Waals surface area contributed by atoms with Gasteiger partial charge in [0.1, 0.15) is 0 Å². The lowest BCUT2D eigenvalue weighted by molar-refractivity contribution is -0.384. The molecule has 1 unspecified atom stereocenters. The Balaban J connectivity index is 1.63. The van der Waals surface area contributed by atoms with E-state index in [4.69, 9.17) is 0 Å². The Morgan fingerprint density at radius 3 is 2.26 bits per heavy atom. The summed E-state index contributed by atoms with van der Waals surface area (Å²) >= 11 is 0. The number of hydrogen-bond acceptors (Lipinski definition) is 6. The molecule has 4 rings (SSSR count). The SMILES string of the molecule is Cc1ccc(CC(CN2C(=O)c3ccccc3C2=O)Nc2ncccc2[N+](=O)[O-])cc1. The minimum absolute atomic E-state index is 0.0496. The molecular weight excluding hydrogens is 396 g/mol. The van der Waals surface area contributed by atoms with Crippen LogP contribution in [0.5, 0.6) is 0 Å². The monoisotopic (exact) mass is 416 g/mol. The summed E-state index contributed by atoms with van der Waals surface area (Å²) < 4.78 is 0. The van der Waals surface area contributed by atoms with Gasteiger partial charge in [0.2, 0.25) is 5.82 Å². The highest BCUT2D eigenvalue weighted by Gasteiger charge is 2.36. The van der Waals surface area contributed by atoms with Gasteiger partial charge in [0.15, 0.2) is 0 Å². The van der Waals surface area contributed by atoms with E-state index in [9.17, 15) is 19.7 Å². The Labute approximate surface area is 178 Å². The van der Waals surface area contributed by atoms with Gasteiger partial charge in [-0.2, -0.15) is 0 Å². The van der Waals surface area contributed by atoms with E-state index in [1.807, 2.05) is 31.2 Å². The molecule has 2 amide bonds. The molecule has 1 aliphatic heterocycles. The van der Waals surface area contributed by atoms with Crippen LogP contribution in [0.3, 0.4) is 0 Å². The molecule has 0 saturated heterocycles. The fourth-order valence-corrected chi connectivity index (χ4v) is 3.64. The Morgan fingerprint density at radius 2 is 1.65 bits per heavy atom. The molecule has 156 valence electrons. The van der Waals surface area contributed by atoms with E-state index >= 15 is 0 Å². The molecule has 0 spiro atoms. The van der Waals surface area contributed by atoms with Crippen molar-refractivity contribution in [2.75, 3.05) is 11.9 Å². The van der Waals surface area contributed by atoms with Gasteiger partial charge in [-0.3, -0.25) is 24.6 Å². The second-order valence-electron chi connectivity index (χ2n) is 7.43. The number of rotatable bonds is 7. The van der Waals surface area contributed by atoms with E-state index in [0.29, 0.717) is 17.5 Å². The molecule has 1 aromatic heterocycles. The van der Waals surface area contributed by atoms with E-state index in [-0.39, 0.29) is 29.9 Å². The van der Waals surface area contributed by atoms with Crippen LogP contribution >= 0.6 is 0 Å². The summed E-state index contributed by atoms with van der Waals surface area (Å²) in [5.41, 5.74) is 2.64. The van der Waals surface area contributed by atoms with Gasteiger partial charge < -0.3 is 5.32 Å². The van der Waals surface area contributed by atoms with Crippen LogP contribution in [-0.2, 0) is 6.42 Å². The van der Waals surface area contributed by atoms with E-state index in [0.717, 1.165) is 11.1 Å². The number of fused-ring (bicyclic) bond motifs is 1. The molecule has 0 fully saturated rings. The molecule has 2 heterocycles. The third-order valence-corrected chi connectivity index (χ3v) is 5.21. The third kappa shape index (κ3) is 4.13. The first-order chi connectivity index (χ1) is 14.9. The Kier molecular flexibility index (Phi) is 5.44. The summed E-state index contributed by atoms with van der Waals surface area (Å²) in [7, 11) is 0. The van der Waals surface area contributed by atoms with Gasteiger partial charge in [0.05, 0.1) is 16.1 Å². The Morgan fingerprint density at radius 1 is 1.00 bits per heavy atom. The van der Waals surface area contributed by atoms with Gasteiger partial charge in [0, 0.05) is 24.8 Å². The minimum atomic E-state index is -0.514. The zero-order chi connectivity index (χ0) is 22.0. The molecule has 1 aliphatic rings. The molecule has 0 bridgehead atoms. The van der Waals surface area contributed by atoms with Crippen molar-refractivity contribution in [3.63, 3.8) is 0 Å². The topological polar surface area (TPSA) is 105 Å². The lowest BCUT2D eigenvalue weighted by Crippen LogP contribution is -2.41. The van der Waals surface area contributed by atoms with Crippen molar-refractivity contribution < 1.29 is 14.5 Å². The van der Waals surface area contributed by atoms with Crippen LogP contribution in [0.25, 0.3) is 0 Å². The minimum Gasteiger partial charge on any atom is -0.359 e. The highest BCUT2D eigenvalue weighted by molar-refractivity contribution is 6.21. The lowest BCUT2D eigenvalue weighted by Gasteiger charge is -2.24. The molecule has 1 N–H and O–H groups in total. The van der Waals surface area contributed by atoms with E-state index < -0.39 is 11.0 Å². The molecule has 0 aliphatic carbocycles. The molecule has 0 saturated carbocycles. The number of anilines is 1. The first kappa shape index (κ1) is 20.2. The molecule has 8 nitrogen and oxygen atoms in total. The van der Waals surface area contributed by atoms with Gasteiger partial charge >= 0.3 is 5.69 Å². The van der Waals surface area contributed by atoms with E-state index in [1.54, 1.807) is 24.3 Å². The first-order valence-electron chi connectivity index (χ1n) is 9.81. The Hall–Kier alpha value is -4.07. The van der Waals surface area contributed by atoms with Gasteiger partial charge in [0.25, 0.3) is 11.8 Å². The second-order valence-corrected chi connectivity index (χ2v) is 7.43. The third-order valence-electron chi connectivity index (χ3n) is 5.21.